The minimum absolute atomic E-state index is 0.0353. The summed E-state index contributed by atoms with van der Waals surface area (Å²) in [6.45, 7) is 6.44. The van der Waals surface area contributed by atoms with Crippen molar-refractivity contribution in [1.82, 2.24) is 0 Å². The van der Waals surface area contributed by atoms with Crippen molar-refractivity contribution in [2.45, 2.75) is 32.5 Å². The zero-order valence-electron chi connectivity index (χ0n) is 9.76. The molecule has 14 heavy (non-hydrogen) atoms. The second-order valence-electron chi connectivity index (χ2n) is 4.36. The maximum absolute atomic E-state index is 5.34. The lowest BCUT2D eigenvalue weighted by Crippen LogP contribution is -2.34. The van der Waals surface area contributed by atoms with E-state index in [1.54, 1.807) is 14.2 Å². The van der Waals surface area contributed by atoms with Gasteiger partial charge in [-0.1, -0.05) is 30.2 Å². The Labute approximate surface area is 87.1 Å². The maximum atomic E-state index is 5.34. The fourth-order valence-electron chi connectivity index (χ4n) is 2.44. The van der Waals surface area contributed by atoms with Crippen molar-refractivity contribution in [2.75, 3.05) is 14.2 Å². The average molecular weight is 194 g/mol. The van der Waals surface area contributed by atoms with Crippen molar-refractivity contribution in [1.29, 1.82) is 0 Å². The highest BCUT2D eigenvalue weighted by molar-refractivity contribution is 6.49. The van der Waals surface area contributed by atoms with Crippen molar-refractivity contribution < 1.29 is 9.31 Å². The zero-order chi connectivity index (χ0) is 10.8. The molecule has 0 spiro atoms. The van der Waals surface area contributed by atoms with Gasteiger partial charge in [0.25, 0.3) is 0 Å². The van der Waals surface area contributed by atoms with Crippen molar-refractivity contribution in [3.63, 3.8) is 0 Å². The van der Waals surface area contributed by atoms with Gasteiger partial charge >= 0.3 is 7.12 Å². The van der Waals surface area contributed by atoms with Crippen molar-refractivity contribution >= 4 is 7.12 Å². The minimum atomic E-state index is -0.166. The molecule has 1 unspecified atom stereocenters. The van der Waals surface area contributed by atoms with Crippen LogP contribution in [0.3, 0.4) is 0 Å². The van der Waals surface area contributed by atoms with Crippen molar-refractivity contribution in [3.8, 4) is 0 Å². The molecule has 1 rings (SSSR count). The summed E-state index contributed by atoms with van der Waals surface area (Å²) in [7, 11) is 3.22. The maximum Gasteiger partial charge on any atom is 0.467 e. The second kappa shape index (κ2) is 4.32. The van der Waals surface area contributed by atoms with Crippen LogP contribution in [-0.4, -0.2) is 21.3 Å². The Morgan fingerprint density at radius 1 is 1.29 bits per heavy atom. The van der Waals surface area contributed by atoms with Gasteiger partial charge in [0.1, 0.15) is 0 Å². The number of rotatable bonds is 3. The molecule has 0 bridgehead atoms. The molecule has 0 fully saturated rings. The number of hydrogen-bond acceptors (Lipinski definition) is 2. The first-order chi connectivity index (χ1) is 6.51. The van der Waals surface area contributed by atoms with Gasteiger partial charge in [-0.3, -0.25) is 0 Å². The Morgan fingerprint density at radius 3 is 2.29 bits per heavy atom. The molecule has 0 aliphatic heterocycles. The van der Waals surface area contributed by atoms with E-state index in [1.165, 1.54) is 11.1 Å². The molecule has 78 valence electrons. The molecule has 3 heteroatoms. The van der Waals surface area contributed by atoms with Crippen LogP contribution in [0, 0.1) is 0 Å². The van der Waals surface area contributed by atoms with Crippen molar-refractivity contribution in [2.24, 2.45) is 0 Å². The molecule has 0 N–H and O–H groups in total. The molecule has 0 saturated heterocycles. The van der Waals surface area contributed by atoms with E-state index in [-0.39, 0.29) is 12.4 Å². The normalized spacial score (nSPS) is 26.9. The van der Waals surface area contributed by atoms with Gasteiger partial charge in [0.15, 0.2) is 0 Å². The molecule has 1 aliphatic rings. The molecule has 0 amide bonds. The third-order valence-corrected chi connectivity index (χ3v) is 2.66. The quantitative estimate of drug-likeness (QED) is 0.643. The Kier molecular flexibility index (Phi) is 3.56. The van der Waals surface area contributed by atoms with Crippen LogP contribution in [0.25, 0.3) is 0 Å². The van der Waals surface area contributed by atoms with E-state index in [2.05, 4.69) is 32.9 Å². The van der Waals surface area contributed by atoms with Crippen LogP contribution in [-0.2, 0) is 9.31 Å². The fourth-order valence-corrected chi connectivity index (χ4v) is 2.44. The highest BCUT2D eigenvalue weighted by Gasteiger charge is 2.40. The molecule has 0 aromatic rings. The highest BCUT2D eigenvalue weighted by Crippen LogP contribution is 2.42. The Hall–Kier alpha value is -0.535. The lowest BCUT2D eigenvalue weighted by atomic mass is 9.54. The summed E-state index contributed by atoms with van der Waals surface area (Å²) in [6, 6.07) is 0. The molecular formula is C11H19BO2. The van der Waals surface area contributed by atoms with E-state index in [0.717, 1.165) is 6.42 Å². The summed E-state index contributed by atoms with van der Waals surface area (Å²) in [5, 5.41) is -0.0353. The molecule has 0 aromatic carbocycles. The average Bonchev–Trinajstić information content (AvgIpc) is 2.02. The first-order valence-electron chi connectivity index (χ1n) is 4.94. The Bertz CT molecular complexity index is 266. The monoisotopic (exact) mass is 194 g/mol. The molecule has 0 radical (unpaired) electrons. The molecule has 1 aliphatic carbocycles. The van der Waals surface area contributed by atoms with Gasteiger partial charge in [-0.05, 0) is 20.3 Å². The van der Waals surface area contributed by atoms with Gasteiger partial charge in [0.05, 0.1) is 0 Å². The molecule has 2 nitrogen and oxygen atoms in total. The highest BCUT2D eigenvalue weighted by atomic mass is 16.6. The molecule has 0 aromatic heterocycles. The zero-order valence-corrected chi connectivity index (χ0v) is 9.76. The van der Waals surface area contributed by atoms with Gasteiger partial charge in [-0.2, -0.15) is 0 Å². The predicted molar refractivity (Wildman–Crippen MR) is 60.3 cm³/mol. The van der Waals surface area contributed by atoms with Crippen LogP contribution in [0.15, 0.2) is 23.3 Å². The van der Waals surface area contributed by atoms with Crippen LogP contribution in [0.4, 0.5) is 0 Å². The summed E-state index contributed by atoms with van der Waals surface area (Å²) < 4.78 is 10.7. The van der Waals surface area contributed by atoms with Crippen LogP contribution in [0.1, 0.15) is 27.2 Å². The lowest BCUT2D eigenvalue weighted by molar-refractivity contribution is 0.253. The van der Waals surface area contributed by atoms with Crippen molar-refractivity contribution in [3.05, 3.63) is 23.3 Å². The minimum Gasteiger partial charge on any atom is -0.413 e. The topological polar surface area (TPSA) is 18.5 Å². The molecule has 1 atom stereocenters. The second-order valence-corrected chi connectivity index (χ2v) is 4.36. The third kappa shape index (κ3) is 2.28. The third-order valence-electron chi connectivity index (χ3n) is 2.66. The Morgan fingerprint density at radius 2 is 1.86 bits per heavy atom. The van der Waals surface area contributed by atoms with Gasteiger partial charge in [0, 0.05) is 19.5 Å². The van der Waals surface area contributed by atoms with E-state index in [9.17, 15) is 0 Å². The van der Waals surface area contributed by atoms with E-state index in [4.69, 9.17) is 9.31 Å². The summed E-state index contributed by atoms with van der Waals surface area (Å²) in [5.41, 5.74) is 2.67. The predicted octanol–water partition coefficient (Wildman–Crippen LogP) is 2.82. The lowest BCUT2D eigenvalue weighted by Gasteiger charge is -2.32. The molecule has 0 heterocycles. The summed E-state index contributed by atoms with van der Waals surface area (Å²) >= 11 is 0. The fraction of sp³-hybridized carbons (Fsp3) is 0.636. The van der Waals surface area contributed by atoms with Gasteiger partial charge < -0.3 is 9.31 Å². The van der Waals surface area contributed by atoms with Gasteiger partial charge in [-0.25, -0.2) is 0 Å². The van der Waals surface area contributed by atoms with E-state index < -0.39 is 0 Å². The van der Waals surface area contributed by atoms with E-state index >= 15 is 0 Å². The van der Waals surface area contributed by atoms with Gasteiger partial charge in [-0.15, -0.1) is 0 Å². The molecular weight excluding hydrogens is 175 g/mol. The molecule has 0 saturated carbocycles. The van der Waals surface area contributed by atoms with E-state index in [0.29, 0.717) is 0 Å². The van der Waals surface area contributed by atoms with Gasteiger partial charge in [0.2, 0.25) is 0 Å². The summed E-state index contributed by atoms with van der Waals surface area (Å²) in [6.07, 6.45) is 5.44. The summed E-state index contributed by atoms with van der Waals surface area (Å²) in [5.74, 6) is 0. The van der Waals surface area contributed by atoms with Crippen LogP contribution in [0.2, 0.25) is 5.31 Å². The largest absolute Gasteiger partial charge is 0.467 e. The van der Waals surface area contributed by atoms with E-state index in [1.807, 2.05) is 0 Å². The summed E-state index contributed by atoms with van der Waals surface area (Å²) in [4.78, 5) is 0. The number of allylic oxidation sites excluding steroid dienone is 4. The number of hydrogen-bond donors (Lipinski definition) is 0. The SMILES string of the molecule is COB(OC)C1(C)C=C(C)C=C(C)C1. The smallest absolute Gasteiger partial charge is 0.413 e. The van der Waals surface area contributed by atoms with Crippen LogP contribution < -0.4 is 0 Å². The van der Waals surface area contributed by atoms with Crippen LogP contribution >= 0.6 is 0 Å². The Balaban J connectivity index is 2.91. The standard InChI is InChI=1S/C11H19BO2/c1-9-6-10(2)8-11(3,7-9)12(13-4)14-5/h6-7H,8H2,1-5H3. The first-order valence-corrected chi connectivity index (χ1v) is 4.94. The van der Waals surface area contributed by atoms with Crippen LogP contribution in [0.5, 0.6) is 0 Å². The first kappa shape index (κ1) is 11.5.